The first-order chi connectivity index (χ1) is 12.1. The van der Waals surface area contributed by atoms with Crippen LogP contribution in [0.25, 0.3) is 0 Å². The molecule has 0 aliphatic rings. The summed E-state index contributed by atoms with van der Waals surface area (Å²) in [7, 11) is 0. The van der Waals surface area contributed by atoms with Crippen molar-refractivity contribution in [2.75, 3.05) is 23.8 Å². The first kappa shape index (κ1) is 19.3. The highest BCUT2D eigenvalue weighted by molar-refractivity contribution is 6.35. The van der Waals surface area contributed by atoms with E-state index in [0.29, 0.717) is 21.5 Å². The van der Waals surface area contributed by atoms with E-state index in [1.54, 1.807) is 30.5 Å². The number of nitrogens with one attached hydrogen (secondary N) is 2. The Hall–Kier alpha value is -1.98. The average molecular weight is 382 g/mol. The van der Waals surface area contributed by atoms with Crippen molar-refractivity contribution in [2.45, 2.75) is 26.2 Å². The van der Waals surface area contributed by atoms with Crippen LogP contribution in [0.3, 0.4) is 0 Å². The number of carbonyl (C=O) groups excluding carboxylic acids is 1. The lowest BCUT2D eigenvalue weighted by molar-refractivity contribution is -0.118. The van der Waals surface area contributed by atoms with Crippen molar-refractivity contribution in [1.82, 2.24) is 4.98 Å². The average Bonchev–Trinajstić information content (AvgIpc) is 2.59. The topological polar surface area (TPSA) is 63.2 Å². The largest absolute Gasteiger partial charge is 0.482 e. The second-order valence-corrected chi connectivity index (χ2v) is 6.32. The second kappa shape index (κ2) is 10.1. The highest BCUT2D eigenvalue weighted by Crippen LogP contribution is 2.27. The number of hydrogen-bond acceptors (Lipinski definition) is 4. The molecule has 1 heterocycles. The molecule has 25 heavy (non-hydrogen) atoms. The fourth-order valence-corrected chi connectivity index (χ4v) is 2.56. The molecule has 0 aliphatic heterocycles. The van der Waals surface area contributed by atoms with Gasteiger partial charge in [-0.1, -0.05) is 43.0 Å². The number of benzene rings is 1. The molecule has 134 valence electrons. The molecule has 0 atom stereocenters. The van der Waals surface area contributed by atoms with E-state index in [1.807, 2.05) is 6.07 Å². The Morgan fingerprint density at radius 2 is 2.04 bits per heavy atom. The minimum atomic E-state index is -0.295. The summed E-state index contributed by atoms with van der Waals surface area (Å²) in [6.07, 6.45) is 5.10. The Bertz CT molecular complexity index is 693. The summed E-state index contributed by atoms with van der Waals surface area (Å²) in [5.74, 6) is 0.903. The second-order valence-electron chi connectivity index (χ2n) is 5.48. The fraction of sp³-hybridized carbons (Fsp3) is 0.333. The molecule has 7 heteroatoms. The number of ether oxygens (including phenoxy) is 1. The van der Waals surface area contributed by atoms with Crippen molar-refractivity contribution < 1.29 is 9.53 Å². The van der Waals surface area contributed by atoms with Crippen molar-refractivity contribution in [3.05, 3.63) is 46.6 Å². The van der Waals surface area contributed by atoms with Crippen molar-refractivity contribution in [1.29, 1.82) is 0 Å². The molecule has 0 radical (unpaired) electrons. The Kier molecular flexibility index (Phi) is 7.82. The first-order valence-corrected chi connectivity index (χ1v) is 8.91. The van der Waals surface area contributed by atoms with Crippen LogP contribution in [0, 0.1) is 0 Å². The molecular formula is C18H21Cl2N3O2. The van der Waals surface area contributed by atoms with Gasteiger partial charge in [0, 0.05) is 11.6 Å². The number of hydrogen-bond donors (Lipinski definition) is 2. The van der Waals surface area contributed by atoms with Crippen molar-refractivity contribution in [3.8, 4) is 5.75 Å². The molecule has 0 unspecified atom stereocenters. The van der Waals surface area contributed by atoms with Crippen LogP contribution >= 0.6 is 23.2 Å². The van der Waals surface area contributed by atoms with Gasteiger partial charge >= 0.3 is 0 Å². The van der Waals surface area contributed by atoms with Gasteiger partial charge in [-0.05, 0) is 36.8 Å². The molecule has 0 bridgehead atoms. The van der Waals surface area contributed by atoms with Gasteiger partial charge in [-0.15, -0.1) is 0 Å². The summed E-state index contributed by atoms with van der Waals surface area (Å²) >= 11 is 11.8. The molecule has 0 saturated heterocycles. The molecule has 5 nitrogen and oxygen atoms in total. The van der Waals surface area contributed by atoms with E-state index in [4.69, 9.17) is 27.9 Å². The minimum absolute atomic E-state index is 0.154. The van der Waals surface area contributed by atoms with Crippen molar-refractivity contribution >= 4 is 40.6 Å². The van der Waals surface area contributed by atoms with Gasteiger partial charge in [-0.3, -0.25) is 4.79 Å². The zero-order chi connectivity index (χ0) is 18.1. The van der Waals surface area contributed by atoms with Gasteiger partial charge in [-0.25, -0.2) is 4.98 Å². The van der Waals surface area contributed by atoms with Gasteiger partial charge in [-0.2, -0.15) is 0 Å². The summed E-state index contributed by atoms with van der Waals surface area (Å²) in [5.41, 5.74) is 0.606. The molecule has 2 aromatic rings. The fourth-order valence-electron chi connectivity index (χ4n) is 2.10. The number of nitrogens with zero attached hydrogens (tertiary/aromatic N) is 1. The lowest BCUT2D eigenvalue weighted by Crippen LogP contribution is -2.20. The Labute approximate surface area is 157 Å². The number of halogens is 2. The molecule has 1 aromatic carbocycles. The molecule has 1 amide bonds. The minimum Gasteiger partial charge on any atom is -0.482 e. The van der Waals surface area contributed by atoms with E-state index in [2.05, 4.69) is 22.5 Å². The zero-order valence-corrected chi connectivity index (χ0v) is 15.5. The quantitative estimate of drug-likeness (QED) is 0.599. The molecule has 0 fully saturated rings. The molecule has 2 N–H and O–H groups in total. The molecule has 0 spiro atoms. The van der Waals surface area contributed by atoms with Crippen LogP contribution in [0.15, 0.2) is 36.5 Å². The lowest BCUT2D eigenvalue weighted by Gasteiger charge is -2.09. The monoisotopic (exact) mass is 381 g/mol. The van der Waals surface area contributed by atoms with Crippen LogP contribution < -0.4 is 15.4 Å². The predicted octanol–water partition coefficient (Wildman–Crippen LogP) is 5.01. The standard InChI is InChI=1S/C18H21Cl2N3O2/c1-2-3-4-9-21-17-8-6-14(11-22-17)23-18(24)12-25-16-7-5-13(19)10-15(16)20/h5-8,10-11H,2-4,9,12H2,1H3,(H,21,22)(H,23,24). The highest BCUT2D eigenvalue weighted by Gasteiger charge is 2.07. The molecular weight excluding hydrogens is 361 g/mol. The first-order valence-electron chi connectivity index (χ1n) is 8.16. The number of unbranched alkanes of at least 4 members (excludes halogenated alkanes) is 2. The summed E-state index contributed by atoms with van der Waals surface area (Å²) < 4.78 is 5.39. The van der Waals surface area contributed by atoms with Crippen LogP contribution in [-0.4, -0.2) is 24.0 Å². The van der Waals surface area contributed by atoms with Gasteiger partial charge in [0.2, 0.25) is 0 Å². The van der Waals surface area contributed by atoms with E-state index in [1.165, 1.54) is 12.8 Å². The summed E-state index contributed by atoms with van der Waals surface area (Å²) in [6.45, 7) is 2.90. The maximum Gasteiger partial charge on any atom is 0.262 e. The summed E-state index contributed by atoms with van der Waals surface area (Å²) in [5, 5.41) is 6.84. The van der Waals surface area contributed by atoms with Gasteiger partial charge in [0.15, 0.2) is 6.61 Å². The number of rotatable bonds is 9. The van der Waals surface area contributed by atoms with Gasteiger partial charge in [0.05, 0.1) is 16.9 Å². The maximum atomic E-state index is 11.9. The summed E-state index contributed by atoms with van der Waals surface area (Å²) in [6, 6.07) is 8.46. The smallest absolute Gasteiger partial charge is 0.262 e. The van der Waals surface area contributed by atoms with E-state index >= 15 is 0 Å². The van der Waals surface area contributed by atoms with E-state index < -0.39 is 0 Å². The molecule has 2 rings (SSSR count). The van der Waals surface area contributed by atoms with Crippen LogP contribution in [0.2, 0.25) is 10.0 Å². The number of anilines is 2. The van der Waals surface area contributed by atoms with E-state index in [9.17, 15) is 4.79 Å². The maximum absolute atomic E-state index is 11.9. The van der Waals surface area contributed by atoms with Gasteiger partial charge < -0.3 is 15.4 Å². The number of carbonyl (C=O) groups is 1. The van der Waals surface area contributed by atoms with Gasteiger partial charge in [0.25, 0.3) is 5.91 Å². The number of aromatic nitrogens is 1. The zero-order valence-electron chi connectivity index (χ0n) is 14.0. The van der Waals surface area contributed by atoms with E-state index in [-0.39, 0.29) is 12.5 Å². The van der Waals surface area contributed by atoms with Crippen molar-refractivity contribution in [2.24, 2.45) is 0 Å². The molecule has 0 aliphatic carbocycles. The third-order valence-electron chi connectivity index (χ3n) is 3.39. The van der Waals surface area contributed by atoms with Crippen LogP contribution in [0.1, 0.15) is 26.2 Å². The van der Waals surface area contributed by atoms with Crippen molar-refractivity contribution in [3.63, 3.8) is 0 Å². The SMILES string of the molecule is CCCCCNc1ccc(NC(=O)COc2ccc(Cl)cc2Cl)cn1. The Morgan fingerprint density at radius 3 is 2.72 bits per heavy atom. The van der Waals surface area contributed by atoms with Gasteiger partial charge in [0.1, 0.15) is 11.6 Å². The van der Waals surface area contributed by atoms with Crippen LogP contribution in [-0.2, 0) is 4.79 Å². The third-order valence-corrected chi connectivity index (χ3v) is 3.92. The predicted molar refractivity (Wildman–Crippen MR) is 103 cm³/mol. The normalized spacial score (nSPS) is 10.4. The summed E-state index contributed by atoms with van der Waals surface area (Å²) in [4.78, 5) is 16.2. The molecule has 1 aromatic heterocycles. The highest BCUT2D eigenvalue weighted by atomic mass is 35.5. The number of pyridine rings is 1. The Balaban J connectivity index is 1.78. The molecule has 0 saturated carbocycles. The number of amides is 1. The van der Waals surface area contributed by atoms with Crippen LogP contribution in [0.5, 0.6) is 5.75 Å². The van der Waals surface area contributed by atoms with Crippen LogP contribution in [0.4, 0.5) is 11.5 Å². The third kappa shape index (κ3) is 6.80. The lowest BCUT2D eigenvalue weighted by atomic mass is 10.2. The Morgan fingerprint density at radius 1 is 1.20 bits per heavy atom. The van der Waals surface area contributed by atoms with E-state index in [0.717, 1.165) is 18.8 Å².